The number of amides is 2. The molecule has 0 bridgehead atoms. The van der Waals surface area contributed by atoms with E-state index in [1.165, 1.54) is 0 Å². The van der Waals surface area contributed by atoms with Crippen molar-refractivity contribution in [3.8, 4) is 0 Å². The van der Waals surface area contributed by atoms with Gasteiger partial charge in [-0.15, -0.1) is 0 Å². The molecule has 0 heterocycles. The van der Waals surface area contributed by atoms with Crippen LogP contribution >= 0.6 is 0 Å². The molecule has 1 aromatic rings. The molecule has 0 saturated heterocycles. The Bertz CT molecular complexity index is 524. The average molecular weight is 338 g/mol. The van der Waals surface area contributed by atoms with Crippen LogP contribution in [0, 0.1) is 0 Å². The Morgan fingerprint density at radius 3 is 2.65 bits per heavy atom. The Morgan fingerprint density at radius 2 is 2.00 bits per heavy atom. The summed E-state index contributed by atoms with van der Waals surface area (Å²) in [6.45, 7) is 1.76. The highest BCUT2D eigenvalue weighted by Gasteiger charge is 2.30. The number of hydrogen-bond acceptors (Lipinski definition) is 3. The van der Waals surface area contributed by atoms with Gasteiger partial charge in [-0.2, -0.15) is 0 Å². The van der Waals surface area contributed by atoms with E-state index in [4.69, 9.17) is 0 Å². The summed E-state index contributed by atoms with van der Waals surface area (Å²) >= 11 is 0. The smallest absolute Gasteiger partial charge is 0.315 e. The predicted octanol–water partition coefficient (Wildman–Crippen LogP) is 2.10. The number of aliphatic hydroxyl groups excluding tert-OH is 1. The third-order valence-corrected chi connectivity index (χ3v) is 6.14. The van der Waals surface area contributed by atoms with Gasteiger partial charge >= 0.3 is 6.03 Å². The lowest BCUT2D eigenvalue weighted by Crippen LogP contribution is -2.51. The molecule has 23 heavy (non-hydrogen) atoms. The standard InChI is InChI=1S/C17H26N2O3S/c1-2-23(22)16-11-7-6-10-14(16)18-17(21)19-15(12-20)13-8-4-3-5-9-13/h3-5,8-9,14-16,20H,2,6-7,10-12H2,1H3,(H2,18,19,21). The number of carbonyl (C=O) groups excluding carboxylic acids is 1. The van der Waals surface area contributed by atoms with Gasteiger partial charge in [-0.25, -0.2) is 4.79 Å². The summed E-state index contributed by atoms with van der Waals surface area (Å²) < 4.78 is 12.2. The summed E-state index contributed by atoms with van der Waals surface area (Å²) in [5, 5.41) is 15.3. The van der Waals surface area contributed by atoms with Crippen molar-refractivity contribution in [2.24, 2.45) is 0 Å². The van der Waals surface area contributed by atoms with Crippen LogP contribution in [0.1, 0.15) is 44.2 Å². The molecule has 128 valence electrons. The molecule has 6 heteroatoms. The summed E-state index contributed by atoms with van der Waals surface area (Å²) in [4.78, 5) is 12.3. The number of nitrogens with one attached hydrogen (secondary N) is 2. The lowest BCUT2D eigenvalue weighted by Gasteiger charge is -2.31. The van der Waals surface area contributed by atoms with Crippen LogP contribution < -0.4 is 10.6 Å². The van der Waals surface area contributed by atoms with Gasteiger partial charge in [0.15, 0.2) is 0 Å². The first-order valence-electron chi connectivity index (χ1n) is 8.25. The minimum Gasteiger partial charge on any atom is -0.394 e. The molecule has 5 nitrogen and oxygen atoms in total. The van der Waals surface area contributed by atoms with E-state index < -0.39 is 16.8 Å². The topological polar surface area (TPSA) is 78.4 Å². The quantitative estimate of drug-likeness (QED) is 0.743. The maximum atomic E-state index is 12.3. The highest BCUT2D eigenvalue weighted by molar-refractivity contribution is 7.85. The van der Waals surface area contributed by atoms with Crippen molar-refractivity contribution in [3.05, 3.63) is 35.9 Å². The molecule has 2 rings (SSSR count). The monoisotopic (exact) mass is 338 g/mol. The average Bonchev–Trinajstić information content (AvgIpc) is 2.60. The summed E-state index contributed by atoms with van der Waals surface area (Å²) in [5.74, 6) is 0.619. The molecule has 1 saturated carbocycles. The Hall–Kier alpha value is -1.40. The fourth-order valence-electron chi connectivity index (χ4n) is 3.08. The van der Waals surface area contributed by atoms with E-state index in [2.05, 4.69) is 10.6 Å². The van der Waals surface area contributed by atoms with Crippen molar-refractivity contribution in [1.82, 2.24) is 10.6 Å². The van der Waals surface area contributed by atoms with Crippen LogP contribution in [0.4, 0.5) is 4.79 Å². The second-order valence-corrected chi connectivity index (χ2v) is 7.81. The summed E-state index contributed by atoms with van der Waals surface area (Å²) in [6.07, 6.45) is 3.87. The van der Waals surface area contributed by atoms with Crippen molar-refractivity contribution in [1.29, 1.82) is 0 Å². The summed E-state index contributed by atoms with van der Waals surface area (Å²) in [7, 11) is -0.902. The minimum absolute atomic E-state index is 0.0313. The van der Waals surface area contributed by atoms with E-state index in [1.54, 1.807) is 0 Å². The van der Waals surface area contributed by atoms with Crippen LogP contribution in [0.5, 0.6) is 0 Å². The molecule has 1 aromatic carbocycles. The van der Waals surface area contributed by atoms with E-state index in [0.717, 1.165) is 31.2 Å². The molecule has 4 atom stereocenters. The molecule has 0 aliphatic heterocycles. The Kier molecular flexibility index (Phi) is 7.05. The van der Waals surface area contributed by atoms with Crippen molar-refractivity contribution >= 4 is 16.8 Å². The van der Waals surface area contributed by atoms with Crippen LogP contribution in [-0.2, 0) is 10.8 Å². The largest absolute Gasteiger partial charge is 0.394 e. The number of carbonyl (C=O) groups is 1. The SMILES string of the molecule is CCS(=O)C1CCCCC1NC(=O)NC(CO)c1ccccc1. The van der Waals surface area contributed by atoms with Gasteiger partial charge in [-0.05, 0) is 18.4 Å². The normalized spacial score (nSPS) is 23.7. The van der Waals surface area contributed by atoms with E-state index in [9.17, 15) is 14.1 Å². The van der Waals surface area contributed by atoms with Crippen LogP contribution in [-0.4, -0.2) is 39.0 Å². The molecule has 0 aromatic heterocycles. The lowest BCUT2D eigenvalue weighted by molar-refractivity contribution is 0.211. The predicted molar refractivity (Wildman–Crippen MR) is 92.7 cm³/mol. The minimum atomic E-state index is -0.902. The van der Waals surface area contributed by atoms with Crippen LogP contribution in [0.25, 0.3) is 0 Å². The maximum Gasteiger partial charge on any atom is 0.315 e. The van der Waals surface area contributed by atoms with Crippen molar-refractivity contribution in [2.45, 2.75) is 49.9 Å². The van der Waals surface area contributed by atoms with Gasteiger partial charge in [0.2, 0.25) is 0 Å². The summed E-state index contributed by atoms with van der Waals surface area (Å²) in [5.41, 5.74) is 0.863. The van der Waals surface area contributed by atoms with Crippen molar-refractivity contribution in [2.75, 3.05) is 12.4 Å². The second kappa shape index (κ2) is 9.03. The molecule has 0 radical (unpaired) electrons. The van der Waals surface area contributed by atoms with Crippen molar-refractivity contribution < 1.29 is 14.1 Å². The zero-order valence-corrected chi connectivity index (χ0v) is 14.3. The Morgan fingerprint density at radius 1 is 1.30 bits per heavy atom. The molecule has 1 aliphatic rings. The Balaban J connectivity index is 1.95. The van der Waals surface area contributed by atoms with E-state index in [-0.39, 0.29) is 23.9 Å². The summed E-state index contributed by atoms with van der Waals surface area (Å²) in [6, 6.07) is 8.59. The van der Waals surface area contributed by atoms with Crippen LogP contribution in [0.3, 0.4) is 0 Å². The molecule has 4 unspecified atom stereocenters. The van der Waals surface area contributed by atoms with Gasteiger partial charge in [0.1, 0.15) is 0 Å². The number of aliphatic hydroxyl groups is 1. The third kappa shape index (κ3) is 5.04. The maximum absolute atomic E-state index is 12.3. The van der Waals surface area contributed by atoms with Gasteiger partial charge in [-0.1, -0.05) is 50.1 Å². The molecule has 3 N–H and O–H groups in total. The van der Waals surface area contributed by atoms with Gasteiger partial charge in [0.05, 0.1) is 17.9 Å². The van der Waals surface area contributed by atoms with E-state index in [0.29, 0.717) is 5.75 Å². The zero-order chi connectivity index (χ0) is 16.7. The highest BCUT2D eigenvalue weighted by atomic mass is 32.2. The molecule has 0 spiro atoms. The molecule has 1 fully saturated rings. The number of urea groups is 1. The van der Waals surface area contributed by atoms with Gasteiger partial charge in [0, 0.05) is 22.6 Å². The van der Waals surface area contributed by atoms with E-state index in [1.807, 2.05) is 37.3 Å². The number of benzene rings is 1. The first kappa shape index (κ1) is 17.9. The zero-order valence-electron chi connectivity index (χ0n) is 13.5. The van der Waals surface area contributed by atoms with Crippen molar-refractivity contribution in [3.63, 3.8) is 0 Å². The number of rotatable bonds is 6. The lowest BCUT2D eigenvalue weighted by atomic mass is 9.95. The first-order valence-corrected chi connectivity index (χ1v) is 9.64. The fraction of sp³-hybridized carbons (Fsp3) is 0.588. The van der Waals surface area contributed by atoms with Gasteiger partial charge < -0.3 is 15.7 Å². The van der Waals surface area contributed by atoms with Crippen LogP contribution in [0.2, 0.25) is 0 Å². The van der Waals surface area contributed by atoms with Gasteiger partial charge in [-0.3, -0.25) is 4.21 Å². The molecule has 2 amide bonds. The first-order chi connectivity index (χ1) is 11.2. The third-order valence-electron chi connectivity index (χ3n) is 4.33. The second-order valence-electron chi connectivity index (χ2n) is 5.86. The molecular weight excluding hydrogens is 312 g/mol. The fourth-order valence-corrected chi connectivity index (χ4v) is 4.51. The van der Waals surface area contributed by atoms with Gasteiger partial charge in [0.25, 0.3) is 0 Å². The molecule has 1 aliphatic carbocycles. The van der Waals surface area contributed by atoms with E-state index >= 15 is 0 Å². The number of hydrogen-bond donors (Lipinski definition) is 3. The Labute approximate surface area is 140 Å². The molecular formula is C17H26N2O3S. The van der Waals surface area contributed by atoms with Crippen LogP contribution in [0.15, 0.2) is 30.3 Å². The highest BCUT2D eigenvalue weighted by Crippen LogP contribution is 2.23.